The van der Waals surface area contributed by atoms with Crippen molar-refractivity contribution in [3.8, 4) is 0 Å². The summed E-state index contributed by atoms with van der Waals surface area (Å²) in [6.45, 7) is 1.83. The number of nitrogens with zero attached hydrogens (tertiary/aromatic N) is 1. The Hall–Kier alpha value is -1.24. The minimum atomic E-state index is -3.35. The Balaban J connectivity index is 1.99. The van der Waals surface area contributed by atoms with Crippen molar-refractivity contribution in [3.05, 3.63) is 64.4 Å². The van der Waals surface area contributed by atoms with E-state index in [1.165, 1.54) is 0 Å². The van der Waals surface area contributed by atoms with E-state index in [1.54, 1.807) is 6.20 Å². The highest BCUT2D eigenvalue weighted by molar-refractivity contribution is 9.10. The SMILES string of the molecule is C[C@@H](NS(=O)(=O)CCc1ccccn1)c1ccccc1Br. The molecule has 0 aliphatic rings. The molecular weight excluding hydrogens is 352 g/mol. The first kappa shape index (κ1) is 16.1. The van der Waals surface area contributed by atoms with Gasteiger partial charge in [0.2, 0.25) is 10.0 Å². The fraction of sp³-hybridized carbons (Fsp3) is 0.267. The van der Waals surface area contributed by atoms with Crippen molar-refractivity contribution in [3.63, 3.8) is 0 Å². The average Bonchev–Trinajstić information content (AvgIpc) is 2.46. The topological polar surface area (TPSA) is 59.1 Å². The Morgan fingerprint density at radius 2 is 1.90 bits per heavy atom. The van der Waals surface area contributed by atoms with Crippen molar-refractivity contribution in [2.45, 2.75) is 19.4 Å². The van der Waals surface area contributed by atoms with Crippen LogP contribution < -0.4 is 4.72 Å². The zero-order chi connectivity index (χ0) is 15.3. The van der Waals surface area contributed by atoms with Crippen LogP contribution in [0.3, 0.4) is 0 Å². The fourth-order valence-electron chi connectivity index (χ4n) is 2.00. The summed E-state index contributed by atoms with van der Waals surface area (Å²) >= 11 is 3.44. The van der Waals surface area contributed by atoms with Crippen molar-refractivity contribution < 1.29 is 8.42 Å². The maximum atomic E-state index is 12.1. The first-order chi connectivity index (χ1) is 9.98. The highest BCUT2D eigenvalue weighted by Gasteiger charge is 2.17. The smallest absolute Gasteiger partial charge is 0.212 e. The van der Waals surface area contributed by atoms with Crippen LogP contribution in [-0.2, 0) is 16.4 Å². The van der Waals surface area contributed by atoms with Crippen molar-refractivity contribution in [2.75, 3.05) is 5.75 Å². The molecule has 0 fully saturated rings. The number of hydrogen-bond donors (Lipinski definition) is 1. The Morgan fingerprint density at radius 3 is 2.57 bits per heavy atom. The van der Waals surface area contributed by atoms with E-state index in [1.807, 2.05) is 49.4 Å². The van der Waals surface area contributed by atoms with E-state index in [4.69, 9.17) is 0 Å². The van der Waals surface area contributed by atoms with Crippen LogP contribution >= 0.6 is 15.9 Å². The molecule has 0 saturated heterocycles. The maximum Gasteiger partial charge on any atom is 0.212 e. The lowest BCUT2D eigenvalue weighted by Crippen LogP contribution is -2.30. The molecule has 0 radical (unpaired) electrons. The Bertz CT molecular complexity index is 690. The van der Waals surface area contributed by atoms with Gasteiger partial charge in [-0.1, -0.05) is 40.2 Å². The van der Waals surface area contributed by atoms with Crippen LogP contribution in [0.4, 0.5) is 0 Å². The molecule has 1 atom stereocenters. The third kappa shape index (κ3) is 4.91. The summed E-state index contributed by atoms with van der Waals surface area (Å²) in [7, 11) is -3.35. The van der Waals surface area contributed by atoms with Gasteiger partial charge in [0.1, 0.15) is 0 Å². The van der Waals surface area contributed by atoms with Gasteiger partial charge in [-0.2, -0.15) is 0 Å². The van der Waals surface area contributed by atoms with E-state index < -0.39 is 10.0 Å². The largest absolute Gasteiger partial charge is 0.261 e. The lowest BCUT2D eigenvalue weighted by atomic mass is 10.1. The first-order valence-electron chi connectivity index (χ1n) is 6.62. The van der Waals surface area contributed by atoms with E-state index in [9.17, 15) is 8.42 Å². The van der Waals surface area contributed by atoms with Gasteiger partial charge in [0.25, 0.3) is 0 Å². The van der Waals surface area contributed by atoms with Gasteiger partial charge in [-0.15, -0.1) is 0 Å². The summed E-state index contributed by atoms with van der Waals surface area (Å²) in [4.78, 5) is 4.13. The molecule has 1 aromatic heterocycles. The number of sulfonamides is 1. The molecule has 0 aliphatic carbocycles. The molecule has 0 aliphatic heterocycles. The number of rotatable bonds is 6. The Kier molecular flexibility index (Phi) is 5.50. The summed E-state index contributed by atoms with van der Waals surface area (Å²) < 4.78 is 27.9. The predicted molar refractivity (Wildman–Crippen MR) is 87.4 cm³/mol. The van der Waals surface area contributed by atoms with Crippen LogP contribution in [0, 0.1) is 0 Å². The van der Waals surface area contributed by atoms with Gasteiger partial charge < -0.3 is 0 Å². The highest BCUT2D eigenvalue weighted by atomic mass is 79.9. The molecule has 2 rings (SSSR count). The molecule has 4 nitrogen and oxygen atoms in total. The second kappa shape index (κ2) is 7.15. The fourth-order valence-corrected chi connectivity index (χ4v) is 3.89. The molecule has 0 spiro atoms. The van der Waals surface area contributed by atoms with Gasteiger partial charge in [-0.25, -0.2) is 13.1 Å². The quantitative estimate of drug-likeness (QED) is 0.852. The number of pyridine rings is 1. The van der Waals surface area contributed by atoms with Gasteiger partial charge in [0.05, 0.1) is 5.75 Å². The number of nitrogens with one attached hydrogen (secondary N) is 1. The highest BCUT2D eigenvalue weighted by Crippen LogP contribution is 2.23. The van der Waals surface area contributed by atoms with E-state index in [0.29, 0.717) is 6.42 Å². The second-order valence-corrected chi connectivity index (χ2v) is 7.48. The zero-order valence-electron chi connectivity index (χ0n) is 11.7. The van der Waals surface area contributed by atoms with Crippen LogP contribution in [0.5, 0.6) is 0 Å². The summed E-state index contributed by atoms with van der Waals surface area (Å²) in [5, 5.41) is 0. The van der Waals surface area contributed by atoms with E-state index in [-0.39, 0.29) is 11.8 Å². The van der Waals surface area contributed by atoms with Crippen LogP contribution in [0.2, 0.25) is 0 Å². The lowest BCUT2D eigenvalue weighted by molar-refractivity contribution is 0.565. The van der Waals surface area contributed by atoms with Crippen molar-refractivity contribution in [1.29, 1.82) is 0 Å². The van der Waals surface area contributed by atoms with E-state index in [2.05, 4.69) is 25.6 Å². The number of benzene rings is 1. The summed E-state index contributed by atoms with van der Waals surface area (Å²) in [5.74, 6) is 0.0266. The van der Waals surface area contributed by atoms with E-state index in [0.717, 1.165) is 15.7 Å². The number of halogens is 1. The zero-order valence-corrected chi connectivity index (χ0v) is 14.1. The third-order valence-electron chi connectivity index (χ3n) is 3.08. The Morgan fingerprint density at radius 1 is 1.19 bits per heavy atom. The molecule has 1 aromatic carbocycles. The maximum absolute atomic E-state index is 12.1. The summed E-state index contributed by atoms with van der Waals surface area (Å²) in [6.07, 6.45) is 2.07. The normalized spacial score (nSPS) is 13.0. The molecule has 0 unspecified atom stereocenters. The molecule has 0 amide bonds. The molecule has 6 heteroatoms. The average molecular weight is 369 g/mol. The molecule has 0 bridgehead atoms. The molecule has 1 N–H and O–H groups in total. The van der Waals surface area contributed by atoms with Crippen LogP contribution in [0.15, 0.2) is 53.1 Å². The first-order valence-corrected chi connectivity index (χ1v) is 9.07. The van der Waals surface area contributed by atoms with Crippen molar-refractivity contribution >= 4 is 26.0 Å². The van der Waals surface area contributed by atoms with Gasteiger partial charge in [-0.05, 0) is 30.7 Å². The molecule has 2 aromatic rings. The van der Waals surface area contributed by atoms with Gasteiger partial charge in [-0.3, -0.25) is 4.98 Å². The second-order valence-electron chi connectivity index (χ2n) is 4.75. The van der Waals surface area contributed by atoms with E-state index >= 15 is 0 Å². The number of aromatic nitrogens is 1. The molecule has 112 valence electrons. The molecule has 1 heterocycles. The standard InChI is InChI=1S/C15H17BrN2O2S/c1-12(14-7-2-3-8-15(14)16)18-21(19,20)11-9-13-6-4-5-10-17-13/h2-8,10,12,18H,9,11H2,1H3/t12-/m1/s1. The number of aryl methyl sites for hydroxylation is 1. The predicted octanol–water partition coefficient (Wildman–Crippen LogP) is 3.07. The van der Waals surface area contributed by atoms with Crippen LogP contribution in [0.1, 0.15) is 24.2 Å². The van der Waals surface area contributed by atoms with Crippen molar-refractivity contribution in [1.82, 2.24) is 9.71 Å². The third-order valence-corrected chi connectivity index (χ3v) is 5.26. The van der Waals surface area contributed by atoms with Gasteiger partial charge in [0.15, 0.2) is 0 Å². The number of hydrogen-bond acceptors (Lipinski definition) is 3. The minimum absolute atomic E-state index is 0.0266. The molecule has 21 heavy (non-hydrogen) atoms. The van der Waals surface area contributed by atoms with Gasteiger partial charge >= 0.3 is 0 Å². The summed E-state index contributed by atoms with van der Waals surface area (Å²) in [5.41, 5.74) is 1.69. The molecule has 0 saturated carbocycles. The monoisotopic (exact) mass is 368 g/mol. The Labute approximate surface area is 133 Å². The molecular formula is C15H17BrN2O2S. The summed E-state index contributed by atoms with van der Waals surface area (Å²) in [6, 6.07) is 12.8. The van der Waals surface area contributed by atoms with Gasteiger partial charge in [0, 0.05) is 28.8 Å². The minimum Gasteiger partial charge on any atom is -0.261 e. The lowest BCUT2D eigenvalue weighted by Gasteiger charge is -2.16. The van der Waals surface area contributed by atoms with Crippen molar-refractivity contribution in [2.24, 2.45) is 0 Å². The van der Waals surface area contributed by atoms with Crippen LogP contribution in [-0.4, -0.2) is 19.2 Å². The van der Waals surface area contributed by atoms with Crippen LogP contribution in [0.25, 0.3) is 0 Å².